The molecule has 3 fully saturated rings. The van der Waals surface area contributed by atoms with Crippen LogP contribution in [0.1, 0.15) is 135 Å². The monoisotopic (exact) mass is 1140 g/mol. The highest BCUT2D eigenvalue weighted by Crippen LogP contribution is 2.31. The number of carbonyl (C=O) groups is 8. The number of nitrogens with zero attached hydrogens (tertiary/aromatic N) is 2. The SMILES string of the molecule is CCCCCCCCCCCCCCCC(=O)N[C@H]1CC(O)CNC(=O)C2C(O)C(C)CN2C(=O)C(C(O)CC(N)=O)NC(=O)C(C(O)Cc2ccc(O)c(OSOOO)c2)NC(=O)C2CC(O)CN2C(=O)C(C(C)O)NC1=O. The van der Waals surface area contributed by atoms with Crippen LogP contribution in [0.5, 0.6) is 11.5 Å². The molecule has 4 rings (SSSR count). The normalized spacial score (nSPS) is 26.9. The molecule has 0 radical (unpaired) electrons. The van der Waals surface area contributed by atoms with Gasteiger partial charge >= 0.3 is 0 Å². The van der Waals surface area contributed by atoms with Gasteiger partial charge in [0.05, 0.1) is 43.0 Å². The summed E-state index contributed by atoms with van der Waals surface area (Å²) in [6.07, 6.45) is 0.748. The smallest absolute Gasteiger partial charge is 0.261 e. The van der Waals surface area contributed by atoms with Crippen molar-refractivity contribution in [3.63, 3.8) is 0 Å². The number of phenolic OH excluding ortho intramolecular Hbond substituents is 1. The molecule has 0 bridgehead atoms. The molecule has 79 heavy (non-hydrogen) atoms. The summed E-state index contributed by atoms with van der Waals surface area (Å²) in [6.45, 7) is 3.26. The Morgan fingerprint density at radius 2 is 1.35 bits per heavy atom. The number of benzene rings is 1. The van der Waals surface area contributed by atoms with Crippen LogP contribution in [-0.2, 0) is 54.1 Å². The van der Waals surface area contributed by atoms with E-state index in [4.69, 9.17) is 15.2 Å². The lowest BCUT2D eigenvalue weighted by Crippen LogP contribution is -2.64. The third-order valence-electron chi connectivity index (χ3n) is 14.3. The van der Waals surface area contributed by atoms with Crippen LogP contribution < -0.4 is 36.5 Å². The molecule has 3 aliphatic heterocycles. The van der Waals surface area contributed by atoms with Gasteiger partial charge in [-0.1, -0.05) is 106 Å². The van der Waals surface area contributed by atoms with E-state index in [0.29, 0.717) is 6.42 Å². The first-order chi connectivity index (χ1) is 37.6. The molecule has 0 aromatic heterocycles. The number of aromatic hydroxyl groups is 1. The van der Waals surface area contributed by atoms with Crippen LogP contribution in [0.2, 0.25) is 0 Å². The van der Waals surface area contributed by atoms with Gasteiger partial charge in [-0.2, -0.15) is 0 Å². The minimum atomic E-state index is -2.18. The van der Waals surface area contributed by atoms with Crippen molar-refractivity contribution in [2.75, 3.05) is 19.6 Å². The van der Waals surface area contributed by atoms with E-state index in [0.717, 1.165) is 61.0 Å². The van der Waals surface area contributed by atoms with Crippen molar-refractivity contribution in [3.8, 4) is 11.5 Å². The molecular weight excluding hydrogens is 1060 g/mol. The quantitative estimate of drug-likeness (QED) is 0.0223. The molecule has 13 atom stereocenters. The number of fused-ring (bicyclic) bond motifs is 2. The molecule has 27 nitrogen and oxygen atoms in total. The third-order valence-corrected chi connectivity index (χ3v) is 14.7. The molecule has 0 spiro atoms. The molecule has 12 unspecified atom stereocenters. The minimum Gasteiger partial charge on any atom is -0.504 e. The summed E-state index contributed by atoms with van der Waals surface area (Å²) in [7, 11) is 0. The summed E-state index contributed by atoms with van der Waals surface area (Å²) >= 11 is 0.0684. The van der Waals surface area contributed by atoms with Gasteiger partial charge in [0.15, 0.2) is 11.5 Å². The Kier molecular flexibility index (Phi) is 27.9. The molecule has 1 aromatic carbocycles. The number of β-amino-alcohol motifs (C(OH)–C–C–N with tert-alkyl or cyclic N) is 1. The maximum absolute atomic E-state index is 14.6. The third kappa shape index (κ3) is 20.6. The maximum atomic E-state index is 14.6. The number of carbonyl (C=O) groups excluding carboxylic acids is 8. The fourth-order valence-corrected chi connectivity index (χ4v) is 10.2. The summed E-state index contributed by atoms with van der Waals surface area (Å²) < 4.78 is 9.28. The summed E-state index contributed by atoms with van der Waals surface area (Å²) in [5.74, 6) is -10.4. The number of aliphatic hydroxyl groups excluding tert-OH is 6. The predicted octanol–water partition coefficient (Wildman–Crippen LogP) is -1.25. The highest BCUT2D eigenvalue weighted by atomic mass is 32.2. The zero-order valence-corrected chi connectivity index (χ0v) is 45.9. The number of nitrogens with two attached hydrogens (primary N) is 1. The number of amides is 8. The van der Waals surface area contributed by atoms with Crippen LogP contribution >= 0.6 is 12.3 Å². The Balaban J connectivity index is 1.68. The fourth-order valence-electron chi connectivity index (χ4n) is 9.99. The molecule has 3 saturated heterocycles. The molecule has 3 heterocycles. The summed E-state index contributed by atoms with van der Waals surface area (Å²) in [5.41, 5.74) is 5.49. The van der Waals surface area contributed by atoms with Crippen molar-refractivity contribution in [1.29, 1.82) is 0 Å². The summed E-state index contributed by atoms with van der Waals surface area (Å²) in [6, 6.07) is -7.72. The molecule has 15 N–H and O–H groups in total. The number of primary amides is 1. The number of unbranched alkanes of at least 4 members (excludes halogenated alkanes) is 12. The van der Waals surface area contributed by atoms with Gasteiger partial charge in [-0.3, -0.25) is 38.4 Å². The number of rotatable bonds is 26. The molecule has 446 valence electrons. The standard InChI is InChI=1S/C51H82N8O19S/c1-4-5-6-7-8-9-10-11-12-13-14-15-16-17-40(67)54-33-22-31(61)25-53-49(72)44-45(68)28(2)26-59(44)51(74)43(37(65)24-39(52)66)57-48(71)42(36(64)20-30-18-19-35(63)38(21-30)76-79-78-77-75)56-47(70)34-23-32(62)27-58(34)50(73)41(29(3)60)55-46(33)69/h18-19,21,28-29,31-34,36-37,41-45,60-65,68,75H,4-17,20,22-27H2,1-3H3,(H2,52,66)(H,53,72)(H,54,67)(H,55,69)(H,56,70)(H,57,71)/t28?,29?,31?,32?,33-,34?,36?,37?,41?,42?,43?,44?,45?/m0/s1. The lowest BCUT2D eigenvalue weighted by Gasteiger charge is -2.33. The van der Waals surface area contributed by atoms with Crippen molar-refractivity contribution in [2.24, 2.45) is 11.7 Å². The first kappa shape index (κ1) is 66.1. The van der Waals surface area contributed by atoms with Crippen LogP contribution in [0.25, 0.3) is 0 Å². The average Bonchev–Trinajstić information content (AvgIpc) is 4.00. The second-order valence-corrected chi connectivity index (χ2v) is 21.3. The van der Waals surface area contributed by atoms with E-state index in [-0.39, 0.29) is 36.6 Å². The van der Waals surface area contributed by atoms with Gasteiger partial charge in [-0.15, -0.1) is 0 Å². The van der Waals surface area contributed by atoms with Crippen LogP contribution in [0.4, 0.5) is 0 Å². The Labute approximate surface area is 463 Å². The number of aliphatic hydroxyl groups is 6. The van der Waals surface area contributed by atoms with Crippen LogP contribution in [0.3, 0.4) is 0 Å². The van der Waals surface area contributed by atoms with E-state index in [1.807, 2.05) is 0 Å². The Morgan fingerprint density at radius 1 is 0.759 bits per heavy atom. The first-order valence-corrected chi connectivity index (χ1v) is 27.8. The topological polar surface area (TPSA) is 419 Å². The molecule has 3 aliphatic rings. The first-order valence-electron chi connectivity index (χ1n) is 27.2. The Bertz CT molecular complexity index is 2180. The van der Waals surface area contributed by atoms with Crippen molar-refractivity contribution in [1.82, 2.24) is 36.4 Å². The van der Waals surface area contributed by atoms with E-state index in [2.05, 4.69) is 42.9 Å². The van der Waals surface area contributed by atoms with Gasteiger partial charge in [0.25, 0.3) is 12.3 Å². The highest BCUT2D eigenvalue weighted by Gasteiger charge is 2.50. The van der Waals surface area contributed by atoms with Crippen LogP contribution in [0.15, 0.2) is 18.2 Å². The van der Waals surface area contributed by atoms with Gasteiger partial charge in [-0.05, 0) is 31.0 Å². The van der Waals surface area contributed by atoms with E-state index < -0.39 is 171 Å². The van der Waals surface area contributed by atoms with Gasteiger partial charge in [-0.25, -0.2) is 5.26 Å². The number of hydrogen-bond donors (Lipinski definition) is 14. The van der Waals surface area contributed by atoms with Gasteiger partial charge < -0.3 is 82.0 Å². The van der Waals surface area contributed by atoms with Crippen molar-refractivity contribution >= 4 is 59.6 Å². The van der Waals surface area contributed by atoms with Crippen molar-refractivity contribution in [3.05, 3.63) is 23.8 Å². The molecule has 0 saturated carbocycles. The second kappa shape index (κ2) is 33.4. The van der Waals surface area contributed by atoms with E-state index in [9.17, 15) is 74.1 Å². The molecular formula is C51H82N8O19S. The van der Waals surface area contributed by atoms with Crippen molar-refractivity contribution in [2.45, 2.75) is 209 Å². The number of phenols is 1. The zero-order valence-electron chi connectivity index (χ0n) is 45.0. The number of hydrogen-bond acceptors (Lipinski definition) is 20. The average molecular weight is 1140 g/mol. The lowest BCUT2D eigenvalue weighted by molar-refractivity contribution is -0.433. The molecule has 28 heteroatoms. The summed E-state index contributed by atoms with van der Waals surface area (Å²) in [5, 5.41) is 102. The highest BCUT2D eigenvalue weighted by molar-refractivity contribution is 7.90. The predicted molar refractivity (Wildman–Crippen MR) is 281 cm³/mol. The van der Waals surface area contributed by atoms with Crippen LogP contribution in [-0.4, -0.2) is 191 Å². The fraction of sp³-hybridized carbons (Fsp3) is 0.725. The molecule has 1 aromatic rings. The van der Waals surface area contributed by atoms with Crippen molar-refractivity contribution < 1.29 is 92.9 Å². The van der Waals surface area contributed by atoms with E-state index in [1.165, 1.54) is 57.9 Å². The second-order valence-electron chi connectivity index (χ2n) is 20.9. The van der Waals surface area contributed by atoms with E-state index >= 15 is 0 Å². The minimum absolute atomic E-state index is 0.0143. The molecule has 0 aliphatic carbocycles. The van der Waals surface area contributed by atoms with Gasteiger partial charge in [0, 0.05) is 51.2 Å². The maximum Gasteiger partial charge on any atom is 0.261 e. The van der Waals surface area contributed by atoms with E-state index in [1.54, 1.807) is 0 Å². The Hall–Kier alpha value is -5.43. The molecule has 8 amide bonds. The lowest BCUT2D eigenvalue weighted by atomic mass is 9.98. The summed E-state index contributed by atoms with van der Waals surface area (Å²) in [4.78, 5) is 113. The Morgan fingerprint density at radius 3 is 1.96 bits per heavy atom. The van der Waals surface area contributed by atoms with Crippen LogP contribution in [0, 0.1) is 5.92 Å². The zero-order chi connectivity index (χ0) is 58.3. The number of nitrogens with one attached hydrogen (secondary N) is 5. The largest absolute Gasteiger partial charge is 0.504 e. The van der Waals surface area contributed by atoms with Gasteiger partial charge in [0.2, 0.25) is 47.3 Å². The van der Waals surface area contributed by atoms with Gasteiger partial charge in [0.1, 0.15) is 36.3 Å².